The standard InChI is InChI=1S/C19H18N6/c1-3-12(4-2)16-17-18(22-11-21-17)25-19(24-16)23-14-7-8-15-13(10-14)6-5-9-20-15/h3,5-11H,4H2,1-2H3,(H2,21,22,23,24,25)/b12-3-. The Hall–Kier alpha value is -3.28. The van der Waals surface area contributed by atoms with Gasteiger partial charge in [-0.15, -0.1) is 0 Å². The number of imidazole rings is 1. The van der Waals surface area contributed by atoms with Crippen LogP contribution in [0, 0.1) is 0 Å². The molecule has 0 saturated heterocycles. The third kappa shape index (κ3) is 2.82. The maximum Gasteiger partial charge on any atom is 0.229 e. The Bertz CT molecular complexity index is 1080. The molecule has 124 valence electrons. The predicted molar refractivity (Wildman–Crippen MR) is 101 cm³/mol. The molecule has 0 unspecified atom stereocenters. The molecule has 6 heteroatoms. The van der Waals surface area contributed by atoms with Gasteiger partial charge < -0.3 is 10.3 Å². The summed E-state index contributed by atoms with van der Waals surface area (Å²) in [5.74, 6) is 0.533. The van der Waals surface area contributed by atoms with Crippen LogP contribution in [0.25, 0.3) is 27.6 Å². The smallest absolute Gasteiger partial charge is 0.229 e. The normalized spacial score (nSPS) is 12.0. The Labute approximate surface area is 145 Å². The highest BCUT2D eigenvalue weighted by atomic mass is 15.1. The number of H-pyrrole nitrogens is 1. The van der Waals surface area contributed by atoms with Crippen molar-refractivity contribution in [1.29, 1.82) is 0 Å². The van der Waals surface area contributed by atoms with E-state index in [0.29, 0.717) is 11.6 Å². The lowest BCUT2D eigenvalue weighted by Crippen LogP contribution is -2.01. The molecule has 0 saturated carbocycles. The number of pyridine rings is 1. The third-order valence-electron chi connectivity index (χ3n) is 4.18. The van der Waals surface area contributed by atoms with E-state index in [1.54, 1.807) is 12.5 Å². The maximum absolute atomic E-state index is 4.71. The molecule has 4 rings (SSSR count). The Kier molecular flexibility index (Phi) is 3.85. The molecule has 4 aromatic rings. The number of hydrogen-bond donors (Lipinski definition) is 2. The van der Waals surface area contributed by atoms with Crippen LogP contribution in [0.2, 0.25) is 0 Å². The van der Waals surface area contributed by atoms with Gasteiger partial charge in [0, 0.05) is 17.3 Å². The molecule has 0 radical (unpaired) electrons. The van der Waals surface area contributed by atoms with Crippen molar-refractivity contribution in [3.05, 3.63) is 54.6 Å². The molecule has 0 amide bonds. The van der Waals surface area contributed by atoms with Crippen molar-refractivity contribution in [2.75, 3.05) is 5.32 Å². The van der Waals surface area contributed by atoms with Crippen LogP contribution in [0.4, 0.5) is 11.6 Å². The molecule has 0 atom stereocenters. The van der Waals surface area contributed by atoms with Gasteiger partial charge in [0.25, 0.3) is 0 Å². The minimum absolute atomic E-state index is 0.533. The molecule has 0 bridgehead atoms. The van der Waals surface area contributed by atoms with Crippen LogP contribution in [0.3, 0.4) is 0 Å². The lowest BCUT2D eigenvalue weighted by molar-refractivity contribution is 1.13. The molecule has 0 aliphatic heterocycles. The zero-order valence-corrected chi connectivity index (χ0v) is 14.1. The summed E-state index contributed by atoms with van der Waals surface area (Å²) in [7, 11) is 0. The van der Waals surface area contributed by atoms with Crippen molar-refractivity contribution in [3.8, 4) is 0 Å². The van der Waals surface area contributed by atoms with Gasteiger partial charge in [0.2, 0.25) is 5.95 Å². The number of nitrogens with one attached hydrogen (secondary N) is 2. The molecule has 0 spiro atoms. The molecule has 0 aliphatic rings. The summed E-state index contributed by atoms with van der Waals surface area (Å²) in [6, 6.07) is 9.96. The lowest BCUT2D eigenvalue weighted by Gasteiger charge is -2.10. The summed E-state index contributed by atoms with van der Waals surface area (Å²) < 4.78 is 0. The first-order chi connectivity index (χ1) is 12.3. The largest absolute Gasteiger partial charge is 0.341 e. The van der Waals surface area contributed by atoms with Gasteiger partial charge in [-0.3, -0.25) is 4.98 Å². The highest BCUT2D eigenvalue weighted by Gasteiger charge is 2.13. The van der Waals surface area contributed by atoms with E-state index in [4.69, 9.17) is 4.98 Å². The SMILES string of the molecule is C/C=C(/CC)c1nc(Nc2ccc3ncccc3c2)nc2nc[nH]c12. The average Bonchev–Trinajstić information content (AvgIpc) is 3.11. The summed E-state index contributed by atoms with van der Waals surface area (Å²) in [6.07, 6.45) is 6.41. The molecule has 6 nitrogen and oxygen atoms in total. The van der Waals surface area contributed by atoms with E-state index < -0.39 is 0 Å². The molecule has 25 heavy (non-hydrogen) atoms. The summed E-state index contributed by atoms with van der Waals surface area (Å²) in [6.45, 7) is 4.13. The first-order valence-corrected chi connectivity index (χ1v) is 8.27. The molecular weight excluding hydrogens is 312 g/mol. The molecule has 0 fully saturated rings. The monoisotopic (exact) mass is 330 g/mol. The highest BCUT2D eigenvalue weighted by molar-refractivity contribution is 5.86. The van der Waals surface area contributed by atoms with Crippen molar-refractivity contribution in [2.45, 2.75) is 20.3 Å². The Balaban J connectivity index is 1.77. The second-order valence-electron chi connectivity index (χ2n) is 5.70. The zero-order valence-electron chi connectivity index (χ0n) is 14.1. The van der Waals surface area contributed by atoms with Crippen LogP contribution >= 0.6 is 0 Å². The van der Waals surface area contributed by atoms with Crippen LogP contribution in [0.1, 0.15) is 26.0 Å². The summed E-state index contributed by atoms with van der Waals surface area (Å²) in [5.41, 5.74) is 5.44. The van der Waals surface area contributed by atoms with Crippen LogP contribution < -0.4 is 5.32 Å². The lowest BCUT2D eigenvalue weighted by atomic mass is 10.1. The number of rotatable bonds is 4. The van der Waals surface area contributed by atoms with Crippen molar-refractivity contribution in [1.82, 2.24) is 24.9 Å². The minimum atomic E-state index is 0.533. The number of anilines is 2. The van der Waals surface area contributed by atoms with Crippen LogP contribution in [0.5, 0.6) is 0 Å². The fourth-order valence-corrected chi connectivity index (χ4v) is 2.91. The Morgan fingerprint density at radius 3 is 2.96 bits per heavy atom. The van der Waals surface area contributed by atoms with Crippen LogP contribution in [-0.4, -0.2) is 24.9 Å². The fraction of sp³-hybridized carbons (Fsp3) is 0.158. The predicted octanol–water partition coefficient (Wildman–Crippen LogP) is 4.46. The van der Waals surface area contributed by atoms with Gasteiger partial charge in [-0.2, -0.15) is 4.98 Å². The van der Waals surface area contributed by atoms with Crippen LogP contribution in [0.15, 0.2) is 48.9 Å². The highest BCUT2D eigenvalue weighted by Crippen LogP contribution is 2.25. The Morgan fingerprint density at radius 1 is 1.20 bits per heavy atom. The van der Waals surface area contributed by atoms with Crippen molar-refractivity contribution in [2.24, 2.45) is 0 Å². The van der Waals surface area contributed by atoms with E-state index in [1.165, 1.54) is 0 Å². The van der Waals surface area contributed by atoms with E-state index in [-0.39, 0.29) is 0 Å². The number of allylic oxidation sites excluding steroid dienone is 2. The van der Waals surface area contributed by atoms with Gasteiger partial charge in [0.1, 0.15) is 5.52 Å². The van der Waals surface area contributed by atoms with Gasteiger partial charge in [-0.05, 0) is 43.2 Å². The van der Waals surface area contributed by atoms with Crippen molar-refractivity contribution >= 4 is 39.3 Å². The summed E-state index contributed by atoms with van der Waals surface area (Å²) in [5, 5.41) is 4.36. The molecular formula is C19H18N6. The maximum atomic E-state index is 4.71. The topological polar surface area (TPSA) is 79.4 Å². The van der Waals surface area contributed by atoms with Crippen molar-refractivity contribution in [3.63, 3.8) is 0 Å². The third-order valence-corrected chi connectivity index (χ3v) is 4.18. The molecule has 0 aliphatic carbocycles. The molecule has 2 N–H and O–H groups in total. The number of benzene rings is 1. The number of aromatic amines is 1. The van der Waals surface area contributed by atoms with E-state index in [9.17, 15) is 0 Å². The second-order valence-corrected chi connectivity index (χ2v) is 5.70. The quantitative estimate of drug-likeness (QED) is 0.577. The van der Waals surface area contributed by atoms with E-state index in [2.05, 4.69) is 38.3 Å². The first kappa shape index (κ1) is 15.3. The number of hydrogen-bond acceptors (Lipinski definition) is 5. The van der Waals surface area contributed by atoms with Gasteiger partial charge in [0.05, 0.1) is 17.5 Å². The average molecular weight is 330 g/mol. The van der Waals surface area contributed by atoms with E-state index in [1.807, 2.05) is 37.3 Å². The number of fused-ring (bicyclic) bond motifs is 2. The van der Waals surface area contributed by atoms with Gasteiger partial charge >= 0.3 is 0 Å². The fourth-order valence-electron chi connectivity index (χ4n) is 2.91. The van der Waals surface area contributed by atoms with E-state index >= 15 is 0 Å². The number of aromatic nitrogens is 5. The van der Waals surface area contributed by atoms with E-state index in [0.717, 1.165) is 39.8 Å². The van der Waals surface area contributed by atoms with Gasteiger partial charge in [-0.1, -0.05) is 19.1 Å². The molecule has 1 aromatic carbocycles. The first-order valence-electron chi connectivity index (χ1n) is 8.27. The summed E-state index contributed by atoms with van der Waals surface area (Å²) >= 11 is 0. The number of nitrogens with zero attached hydrogens (tertiary/aromatic N) is 4. The van der Waals surface area contributed by atoms with Crippen molar-refractivity contribution < 1.29 is 0 Å². The molecule has 3 aromatic heterocycles. The zero-order chi connectivity index (χ0) is 17.2. The minimum Gasteiger partial charge on any atom is -0.341 e. The van der Waals surface area contributed by atoms with Gasteiger partial charge in [-0.25, -0.2) is 9.97 Å². The van der Waals surface area contributed by atoms with Crippen LogP contribution in [-0.2, 0) is 0 Å². The molecule has 3 heterocycles. The summed E-state index contributed by atoms with van der Waals surface area (Å²) in [4.78, 5) is 21.0. The second kappa shape index (κ2) is 6.32. The van der Waals surface area contributed by atoms with Gasteiger partial charge in [0.15, 0.2) is 5.65 Å². The Morgan fingerprint density at radius 2 is 2.12 bits per heavy atom.